The predicted octanol–water partition coefficient (Wildman–Crippen LogP) is 3.83. The van der Waals surface area contributed by atoms with Gasteiger partial charge in [0.1, 0.15) is 0 Å². The van der Waals surface area contributed by atoms with E-state index < -0.39 is 10.9 Å². The first kappa shape index (κ1) is 13.3. The normalized spacial score (nSPS) is 15.4. The lowest BCUT2D eigenvalue weighted by Gasteiger charge is -2.04. The van der Waals surface area contributed by atoms with Crippen LogP contribution in [0.4, 0.5) is 5.69 Å². The number of hydrogen-bond donors (Lipinski definition) is 0. The number of halogens is 1. The Morgan fingerprint density at radius 3 is 2.48 bits per heavy atom. The smallest absolute Gasteiger partial charge is 0.344 e. The van der Waals surface area contributed by atoms with Crippen molar-refractivity contribution in [2.24, 2.45) is 0 Å². The van der Waals surface area contributed by atoms with Gasteiger partial charge in [-0.05, 0) is 11.6 Å². The zero-order chi connectivity index (χ0) is 15.0. The molecule has 0 saturated heterocycles. The van der Waals surface area contributed by atoms with E-state index in [0.29, 0.717) is 11.1 Å². The molecule has 5 nitrogen and oxygen atoms in total. The van der Waals surface area contributed by atoms with Crippen LogP contribution in [0.3, 0.4) is 0 Å². The molecule has 3 rings (SSSR count). The van der Waals surface area contributed by atoms with Crippen molar-refractivity contribution in [2.45, 2.75) is 0 Å². The molecule has 0 fully saturated rings. The minimum absolute atomic E-state index is 0.147. The Hall–Kier alpha value is -2.66. The van der Waals surface area contributed by atoms with Crippen molar-refractivity contribution >= 4 is 34.0 Å². The number of carbonyl (C=O) groups is 1. The summed E-state index contributed by atoms with van der Waals surface area (Å²) in [7, 11) is 0. The first-order valence-corrected chi connectivity index (χ1v) is 6.42. The number of ether oxygens (including phenoxy) is 1. The molecule has 0 saturated carbocycles. The molecule has 104 valence electrons. The second-order valence-electron chi connectivity index (χ2n) is 4.39. The lowest BCUT2D eigenvalue weighted by molar-refractivity contribution is -0.384. The van der Waals surface area contributed by atoms with Crippen molar-refractivity contribution in [3.63, 3.8) is 0 Å². The van der Waals surface area contributed by atoms with E-state index in [1.54, 1.807) is 12.1 Å². The zero-order valence-corrected chi connectivity index (χ0v) is 11.3. The Balaban J connectivity index is 2.15. The van der Waals surface area contributed by atoms with E-state index in [1.807, 2.05) is 18.2 Å². The van der Waals surface area contributed by atoms with E-state index in [-0.39, 0.29) is 22.0 Å². The van der Waals surface area contributed by atoms with Crippen molar-refractivity contribution in [2.75, 3.05) is 0 Å². The lowest BCUT2D eigenvalue weighted by Crippen LogP contribution is -1.95. The highest BCUT2D eigenvalue weighted by atomic mass is 35.5. The van der Waals surface area contributed by atoms with Crippen molar-refractivity contribution in [3.8, 4) is 0 Å². The fourth-order valence-electron chi connectivity index (χ4n) is 2.09. The number of benzene rings is 2. The number of nitrogens with zero attached hydrogens (tertiary/aromatic N) is 1. The molecule has 0 N–H and O–H groups in total. The molecular formula is C15H8ClNO4. The van der Waals surface area contributed by atoms with Gasteiger partial charge in [-0.1, -0.05) is 41.9 Å². The summed E-state index contributed by atoms with van der Waals surface area (Å²) in [4.78, 5) is 22.0. The molecule has 6 heteroatoms. The van der Waals surface area contributed by atoms with Crippen LogP contribution in [-0.2, 0) is 4.74 Å². The lowest BCUT2D eigenvalue weighted by atomic mass is 10.1. The number of rotatable bonds is 2. The molecule has 1 aliphatic rings. The number of esters is 1. The van der Waals surface area contributed by atoms with E-state index in [1.165, 1.54) is 18.2 Å². The van der Waals surface area contributed by atoms with Gasteiger partial charge in [0, 0.05) is 17.7 Å². The maximum Gasteiger partial charge on any atom is 0.344 e. The molecule has 0 bridgehead atoms. The zero-order valence-electron chi connectivity index (χ0n) is 10.6. The fourth-order valence-corrected chi connectivity index (χ4v) is 2.36. The minimum atomic E-state index is -0.641. The number of nitro benzene ring substituents is 1. The van der Waals surface area contributed by atoms with Gasteiger partial charge in [0.2, 0.25) is 0 Å². The van der Waals surface area contributed by atoms with Crippen molar-refractivity contribution < 1.29 is 14.5 Å². The molecular weight excluding hydrogens is 294 g/mol. The molecule has 0 aliphatic carbocycles. The average molecular weight is 302 g/mol. The first-order chi connectivity index (χ1) is 10.1. The molecule has 1 aliphatic heterocycles. The molecule has 0 unspecified atom stereocenters. The average Bonchev–Trinajstić information content (AvgIpc) is 2.84. The van der Waals surface area contributed by atoms with Gasteiger partial charge in [0.15, 0.2) is 5.76 Å². The van der Waals surface area contributed by atoms with E-state index in [0.717, 1.165) is 0 Å². The Morgan fingerprint density at radius 2 is 1.81 bits per heavy atom. The fraction of sp³-hybridized carbons (Fsp3) is 0. The van der Waals surface area contributed by atoms with Crippen LogP contribution in [-0.4, -0.2) is 10.9 Å². The molecule has 1 heterocycles. The van der Waals surface area contributed by atoms with E-state index >= 15 is 0 Å². The molecule has 0 aromatic heterocycles. The van der Waals surface area contributed by atoms with Gasteiger partial charge < -0.3 is 4.74 Å². The summed E-state index contributed by atoms with van der Waals surface area (Å²) >= 11 is 6.28. The van der Waals surface area contributed by atoms with Crippen LogP contribution >= 0.6 is 11.6 Å². The van der Waals surface area contributed by atoms with Gasteiger partial charge in [-0.2, -0.15) is 0 Å². The summed E-state index contributed by atoms with van der Waals surface area (Å²) in [6, 6.07) is 13.0. The summed E-state index contributed by atoms with van der Waals surface area (Å²) in [5, 5.41) is 11.0. The summed E-state index contributed by atoms with van der Waals surface area (Å²) < 4.78 is 5.17. The third-order valence-electron chi connectivity index (χ3n) is 3.10. The van der Waals surface area contributed by atoms with Crippen molar-refractivity contribution in [1.29, 1.82) is 0 Å². The van der Waals surface area contributed by atoms with E-state index in [2.05, 4.69) is 0 Å². The minimum Gasteiger partial charge on any atom is -0.421 e. The maximum atomic E-state index is 11.8. The third kappa shape index (κ3) is 2.28. The second kappa shape index (κ2) is 5.03. The molecule has 21 heavy (non-hydrogen) atoms. The Labute approximate surface area is 124 Å². The number of carbonyl (C=O) groups excluding carboxylic acids is 1. The predicted molar refractivity (Wildman–Crippen MR) is 77.6 cm³/mol. The summed E-state index contributed by atoms with van der Waals surface area (Å²) in [5.41, 5.74) is 1.14. The van der Waals surface area contributed by atoms with Crippen LogP contribution in [0.25, 0.3) is 10.8 Å². The number of cyclic esters (lactones) is 1. The SMILES string of the molecule is O=C1O/C(=C(/Cl)c2ccccc2)c2ccc([N+](=O)[O-])cc21. The van der Waals surface area contributed by atoms with Crippen LogP contribution in [0, 0.1) is 10.1 Å². The van der Waals surface area contributed by atoms with Gasteiger partial charge >= 0.3 is 5.97 Å². The molecule has 0 radical (unpaired) electrons. The largest absolute Gasteiger partial charge is 0.421 e. The number of fused-ring (bicyclic) bond motifs is 1. The Morgan fingerprint density at radius 1 is 1.10 bits per heavy atom. The van der Waals surface area contributed by atoms with Gasteiger partial charge in [-0.25, -0.2) is 4.79 Å². The number of hydrogen-bond acceptors (Lipinski definition) is 4. The number of nitro groups is 1. The van der Waals surface area contributed by atoms with E-state index in [9.17, 15) is 14.9 Å². The second-order valence-corrected chi connectivity index (χ2v) is 4.76. The van der Waals surface area contributed by atoms with Crippen LogP contribution in [0.15, 0.2) is 48.5 Å². The summed E-state index contributed by atoms with van der Waals surface area (Å²) in [6.07, 6.45) is 0. The van der Waals surface area contributed by atoms with Crippen LogP contribution in [0.2, 0.25) is 0 Å². The molecule has 2 aromatic rings. The quantitative estimate of drug-likeness (QED) is 0.480. The Bertz CT molecular complexity index is 784. The van der Waals surface area contributed by atoms with E-state index in [4.69, 9.17) is 16.3 Å². The van der Waals surface area contributed by atoms with Gasteiger partial charge in [0.25, 0.3) is 5.69 Å². The molecule has 0 atom stereocenters. The van der Waals surface area contributed by atoms with Gasteiger partial charge in [-0.15, -0.1) is 0 Å². The van der Waals surface area contributed by atoms with Crippen LogP contribution < -0.4 is 0 Å². The first-order valence-electron chi connectivity index (χ1n) is 6.04. The summed E-state index contributed by atoms with van der Waals surface area (Å²) in [5.74, 6) is -0.421. The monoisotopic (exact) mass is 301 g/mol. The van der Waals surface area contributed by atoms with Gasteiger partial charge in [0.05, 0.1) is 15.5 Å². The highest BCUT2D eigenvalue weighted by Crippen LogP contribution is 2.38. The highest BCUT2D eigenvalue weighted by molar-refractivity contribution is 6.52. The highest BCUT2D eigenvalue weighted by Gasteiger charge is 2.31. The van der Waals surface area contributed by atoms with Crippen molar-refractivity contribution in [3.05, 3.63) is 75.3 Å². The molecule has 0 amide bonds. The van der Waals surface area contributed by atoms with Crippen LogP contribution in [0.1, 0.15) is 21.5 Å². The molecule has 2 aromatic carbocycles. The Kier molecular flexibility index (Phi) is 3.19. The maximum absolute atomic E-state index is 11.8. The van der Waals surface area contributed by atoms with Crippen LogP contribution in [0.5, 0.6) is 0 Å². The number of non-ortho nitro benzene ring substituents is 1. The standard InChI is InChI=1S/C15H8ClNO4/c16-13(9-4-2-1-3-5-9)14-11-7-6-10(17(19)20)8-12(11)15(18)21-14/h1-8H/b14-13+. The molecule has 0 spiro atoms. The third-order valence-corrected chi connectivity index (χ3v) is 3.49. The van der Waals surface area contributed by atoms with Gasteiger partial charge in [-0.3, -0.25) is 10.1 Å². The summed E-state index contributed by atoms with van der Waals surface area (Å²) in [6.45, 7) is 0. The van der Waals surface area contributed by atoms with Crippen molar-refractivity contribution in [1.82, 2.24) is 0 Å². The topological polar surface area (TPSA) is 69.4 Å².